The van der Waals surface area contributed by atoms with Gasteiger partial charge < -0.3 is 33.0 Å². The molecule has 9 aromatic rings. The van der Waals surface area contributed by atoms with Crippen molar-refractivity contribution >= 4 is 50.8 Å². The Balaban J connectivity index is 0.000000172. The fourth-order valence-corrected chi connectivity index (χ4v) is 8.65. The normalized spacial score (nSPS) is 11.4. The molecular formula is C59H58F6N6O7. The third-order valence-electron chi connectivity index (χ3n) is 12.8. The van der Waals surface area contributed by atoms with Crippen molar-refractivity contribution in [3.63, 3.8) is 0 Å². The summed E-state index contributed by atoms with van der Waals surface area (Å²) in [5.74, 6) is -5.62. The molecule has 0 aliphatic carbocycles. The smallest absolute Gasteiger partial charge is 0.338 e. The predicted octanol–water partition coefficient (Wildman–Crippen LogP) is 11.8. The van der Waals surface area contributed by atoms with Gasteiger partial charge in [0.15, 0.2) is 23.2 Å². The minimum atomic E-state index is -1.26. The van der Waals surface area contributed by atoms with E-state index in [0.29, 0.717) is 34.3 Å². The first-order valence-electron chi connectivity index (χ1n) is 24.6. The number of Topliss-reactive ketones (excluding diaryl/α,β-unsaturated/α-hetero) is 1. The summed E-state index contributed by atoms with van der Waals surface area (Å²) >= 11 is 0. The summed E-state index contributed by atoms with van der Waals surface area (Å²) in [4.78, 5) is 48.6. The van der Waals surface area contributed by atoms with Gasteiger partial charge in [0, 0.05) is 62.7 Å². The molecule has 0 spiro atoms. The van der Waals surface area contributed by atoms with Crippen LogP contribution in [0.15, 0.2) is 91.8 Å². The van der Waals surface area contributed by atoms with Gasteiger partial charge in [-0.3, -0.25) is 4.79 Å². The molecule has 3 aromatic heterocycles. The number of benzene rings is 6. The summed E-state index contributed by atoms with van der Waals surface area (Å²) in [6.07, 6.45) is 4.10. The average molecular weight is 1080 g/mol. The number of carboxylic acid groups (broad SMARTS) is 1. The zero-order valence-corrected chi connectivity index (χ0v) is 44.8. The van der Waals surface area contributed by atoms with Crippen LogP contribution in [0, 0.1) is 55.7 Å². The van der Waals surface area contributed by atoms with Crippen molar-refractivity contribution in [2.75, 3.05) is 26.9 Å². The first-order valence-corrected chi connectivity index (χ1v) is 24.6. The number of methoxy groups -OCH3 is 1. The van der Waals surface area contributed by atoms with Crippen molar-refractivity contribution in [2.24, 2.45) is 21.1 Å². The molecule has 0 unspecified atom stereocenters. The largest absolute Gasteiger partial charge is 0.478 e. The van der Waals surface area contributed by atoms with E-state index in [1.807, 2.05) is 20.8 Å². The number of hydrogen-bond acceptors (Lipinski definition) is 9. The van der Waals surface area contributed by atoms with Gasteiger partial charge in [-0.25, -0.2) is 50.9 Å². The summed E-state index contributed by atoms with van der Waals surface area (Å²) in [5, 5.41) is 9.38. The highest BCUT2D eigenvalue weighted by molar-refractivity contribution is 6.02. The van der Waals surface area contributed by atoms with E-state index in [4.69, 9.17) is 14.2 Å². The lowest BCUT2D eigenvalue weighted by molar-refractivity contribution is -0.0324. The third kappa shape index (κ3) is 13.0. The lowest BCUT2D eigenvalue weighted by Crippen LogP contribution is -2.23. The minimum absolute atomic E-state index is 0.0569. The zero-order chi connectivity index (χ0) is 56.9. The molecule has 1 N–H and O–H groups in total. The van der Waals surface area contributed by atoms with E-state index in [-0.39, 0.29) is 99.4 Å². The van der Waals surface area contributed by atoms with Gasteiger partial charge in [0.1, 0.15) is 40.6 Å². The third-order valence-corrected chi connectivity index (χ3v) is 12.8. The van der Waals surface area contributed by atoms with E-state index >= 15 is 4.39 Å². The molecule has 9 rings (SSSR count). The molecule has 0 aliphatic rings. The number of aromatic carboxylic acids is 1. The first-order chi connectivity index (χ1) is 36.9. The Bertz CT molecular complexity index is 3750. The van der Waals surface area contributed by atoms with Crippen LogP contribution in [0.4, 0.5) is 26.3 Å². The number of fused-ring (bicyclic) bond motifs is 3. The monoisotopic (exact) mass is 1080 g/mol. The van der Waals surface area contributed by atoms with Crippen molar-refractivity contribution in [2.45, 2.75) is 66.4 Å². The number of rotatable bonds is 14. The number of aromatic nitrogens is 6. The van der Waals surface area contributed by atoms with Crippen LogP contribution in [0.5, 0.6) is 0 Å². The Labute approximate surface area is 446 Å². The highest BCUT2D eigenvalue weighted by Crippen LogP contribution is 2.31. The van der Waals surface area contributed by atoms with E-state index in [1.165, 1.54) is 56.4 Å². The van der Waals surface area contributed by atoms with Crippen LogP contribution in [0.2, 0.25) is 0 Å². The zero-order valence-electron chi connectivity index (χ0n) is 44.8. The molecule has 408 valence electrons. The number of halogens is 6. The maximum atomic E-state index is 15.4. The molecule has 0 saturated carbocycles. The van der Waals surface area contributed by atoms with E-state index in [1.54, 1.807) is 98.1 Å². The summed E-state index contributed by atoms with van der Waals surface area (Å²) in [6.45, 7) is 11.4. The van der Waals surface area contributed by atoms with Gasteiger partial charge in [-0.2, -0.15) is 0 Å². The molecule has 0 amide bonds. The SMILES string of the molecule is COC(=O)c1cc2c(ncn2C)c(F)c1Cc1ccc(C)cc1F.Cc1ccc(Cc2c(C(=O)COCCOC(C)(C)C)cc3c(ncn3C)c2F)c(F)c1.Cc1ccc(Cc2c(C(=O)O)cc3c(ncn3C)c2F)c(F)c1. The number of ether oxygens (including phenoxy) is 3. The lowest BCUT2D eigenvalue weighted by Gasteiger charge is -2.19. The second-order valence-corrected chi connectivity index (χ2v) is 19.9. The quantitative estimate of drug-likeness (QED) is 0.0482. The van der Waals surface area contributed by atoms with Crippen molar-refractivity contribution in [1.82, 2.24) is 28.7 Å². The second-order valence-electron chi connectivity index (χ2n) is 19.9. The Hall–Kier alpha value is -8.16. The molecule has 13 nitrogen and oxygen atoms in total. The van der Waals surface area contributed by atoms with Crippen LogP contribution in [0.25, 0.3) is 33.1 Å². The summed E-state index contributed by atoms with van der Waals surface area (Å²) in [7, 11) is 6.31. The highest BCUT2D eigenvalue weighted by atomic mass is 19.1. The van der Waals surface area contributed by atoms with Gasteiger partial charge in [-0.05, 0) is 111 Å². The maximum absolute atomic E-state index is 15.4. The summed E-state index contributed by atoms with van der Waals surface area (Å²) in [6, 6.07) is 18.6. The van der Waals surface area contributed by atoms with E-state index < -0.39 is 46.8 Å². The van der Waals surface area contributed by atoms with Crippen LogP contribution >= 0.6 is 0 Å². The Morgan fingerprint density at radius 3 is 1.26 bits per heavy atom. The number of ketones is 1. The fourth-order valence-electron chi connectivity index (χ4n) is 8.65. The number of carbonyl (C=O) groups is 3. The Morgan fingerprint density at radius 1 is 0.538 bits per heavy atom. The van der Waals surface area contributed by atoms with Gasteiger partial charge in [0.2, 0.25) is 0 Å². The number of esters is 1. The number of carboxylic acids is 1. The number of carbonyl (C=O) groups excluding carboxylic acids is 2. The summed E-state index contributed by atoms with van der Waals surface area (Å²) < 4.78 is 108. The van der Waals surface area contributed by atoms with Crippen LogP contribution < -0.4 is 0 Å². The fraction of sp³-hybridized carbons (Fsp3) is 0.288. The van der Waals surface area contributed by atoms with Gasteiger partial charge in [0.05, 0.1) is 72.6 Å². The number of nitrogens with zero attached hydrogens (tertiary/aromatic N) is 6. The van der Waals surface area contributed by atoms with Crippen LogP contribution in [0.1, 0.15) is 102 Å². The van der Waals surface area contributed by atoms with E-state index in [0.717, 1.165) is 16.7 Å². The van der Waals surface area contributed by atoms with Gasteiger partial charge >= 0.3 is 11.9 Å². The van der Waals surface area contributed by atoms with E-state index in [2.05, 4.69) is 15.0 Å². The predicted molar refractivity (Wildman–Crippen MR) is 283 cm³/mol. The molecule has 3 heterocycles. The molecule has 0 radical (unpaired) electrons. The molecule has 0 saturated heterocycles. The Morgan fingerprint density at radius 2 is 0.897 bits per heavy atom. The van der Waals surface area contributed by atoms with Crippen molar-refractivity contribution in [1.29, 1.82) is 0 Å². The van der Waals surface area contributed by atoms with E-state index in [9.17, 15) is 41.4 Å². The second kappa shape index (κ2) is 24.0. The van der Waals surface area contributed by atoms with Gasteiger partial charge in [0.25, 0.3) is 0 Å². The molecule has 0 aliphatic heterocycles. The van der Waals surface area contributed by atoms with Crippen molar-refractivity contribution in [3.8, 4) is 0 Å². The number of imidazole rings is 3. The lowest BCUT2D eigenvalue weighted by atomic mass is 9.95. The van der Waals surface area contributed by atoms with Crippen molar-refractivity contribution in [3.05, 3.63) is 193 Å². The minimum Gasteiger partial charge on any atom is -0.478 e. The summed E-state index contributed by atoms with van der Waals surface area (Å²) in [5.41, 5.74) is 4.77. The van der Waals surface area contributed by atoms with Crippen LogP contribution in [-0.4, -0.2) is 84.0 Å². The Kier molecular flexibility index (Phi) is 17.7. The molecular weight excluding hydrogens is 1020 g/mol. The molecule has 0 bridgehead atoms. The molecule has 0 atom stereocenters. The standard InChI is InChI=1S/C24H28F2N2O3.C18H16F2N2O2.C17H14F2N2O2/c1-15-6-7-16(19(25)10-15)11-18-17(12-20-23(22(18)26)27-14-28(20)5)21(29)13-30-8-9-31-24(2,3)4;1-10-4-5-11(14(19)6-10)7-12-13(18(23)24-3)8-15-17(16(12)20)21-9-22(15)2;1-9-3-4-10(13(18)5-9)6-11-12(17(22)23)7-14-16(15(11)19)20-8-21(14)2/h6-7,10,12,14H,8-9,11,13H2,1-5H3;4-6,8-9H,7H2,1-3H3;3-5,7-8H,6H2,1-2H3,(H,22,23). The topological polar surface area (TPSA) is 153 Å². The number of hydrogen-bond donors (Lipinski definition) is 1. The average Bonchev–Trinajstić information content (AvgIpc) is 4.18. The number of aryl methyl sites for hydroxylation is 6. The van der Waals surface area contributed by atoms with Gasteiger partial charge in [-0.15, -0.1) is 0 Å². The van der Waals surface area contributed by atoms with Crippen LogP contribution in [0.3, 0.4) is 0 Å². The maximum Gasteiger partial charge on any atom is 0.338 e. The highest BCUT2D eigenvalue weighted by Gasteiger charge is 2.26. The molecule has 6 aromatic carbocycles. The van der Waals surface area contributed by atoms with Gasteiger partial charge in [-0.1, -0.05) is 36.4 Å². The molecule has 78 heavy (non-hydrogen) atoms. The van der Waals surface area contributed by atoms with Crippen molar-refractivity contribution < 1.29 is 60.0 Å². The first kappa shape index (κ1) is 57.5. The van der Waals surface area contributed by atoms with Crippen LogP contribution in [-0.2, 0) is 54.6 Å². The molecule has 0 fully saturated rings. The molecule has 19 heteroatoms.